The summed E-state index contributed by atoms with van der Waals surface area (Å²) in [6, 6.07) is 15.4. The molecule has 0 aliphatic heterocycles. The lowest BCUT2D eigenvalue weighted by Gasteiger charge is -1.95. The molecule has 0 radical (unpaired) electrons. The van der Waals surface area contributed by atoms with E-state index in [4.69, 9.17) is 0 Å². The largest absolute Gasteiger partial charge is 0.296 e. The summed E-state index contributed by atoms with van der Waals surface area (Å²) >= 11 is 0. The normalized spacial score (nSPS) is 10.6. The maximum absolute atomic E-state index is 10.9. The van der Waals surface area contributed by atoms with E-state index in [1.807, 2.05) is 48.7 Å². The summed E-state index contributed by atoms with van der Waals surface area (Å²) in [6.07, 6.45) is 2.72. The molecule has 82 valence electrons. The van der Waals surface area contributed by atoms with Crippen LogP contribution in [0.2, 0.25) is 0 Å². The van der Waals surface area contributed by atoms with Crippen LogP contribution in [0.15, 0.2) is 54.7 Å². The average Bonchev–Trinajstić information content (AvgIpc) is 2.83. The van der Waals surface area contributed by atoms with E-state index in [-0.39, 0.29) is 0 Å². The molecule has 3 rings (SSSR count). The molecule has 0 atom stereocenters. The molecule has 0 saturated carbocycles. The van der Waals surface area contributed by atoms with Crippen LogP contribution >= 0.6 is 0 Å². The predicted molar refractivity (Wildman–Crippen MR) is 66.0 cm³/mol. The Hall–Kier alpha value is -2.42. The Morgan fingerprint density at radius 1 is 1.00 bits per heavy atom. The highest BCUT2D eigenvalue weighted by molar-refractivity contribution is 5.75. The van der Waals surface area contributed by atoms with Crippen molar-refractivity contribution >= 4 is 11.9 Å². The first-order valence-electron chi connectivity index (χ1n) is 5.37. The van der Waals surface area contributed by atoms with Crippen LogP contribution in [-0.4, -0.2) is 15.7 Å². The molecule has 0 aliphatic rings. The van der Waals surface area contributed by atoms with Gasteiger partial charge in [-0.1, -0.05) is 36.4 Å². The van der Waals surface area contributed by atoms with Gasteiger partial charge in [0.05, 0.1) is 11.4 Å². The van der Waals surface area contributed by atoms with Gasteiger partial charge >= 0.3 is 0 Å². The van der Waals surface area contributed by atoms with E-state index in [1.54, 1.807) is 10.5 Å². The number of carbonyl (C=O) groups excluding carboxylic acids is 1. The molecule has 0 bridgehead atoms. The van der Waals surface area contributed by atoms with E-state index in [2.05, 4.69) is 4.98 Å². The van der Waals surface area contributed by atoms with Crippen molar-refractivity contribution in [2.75, 3.05) is 0 Å². The first-order valence-corrected chi connectivity index (χ1v) is 5.37. The molecule has 0 amide bonds. The van der Waals surface area contributed by atoms with Crippen molar-refractivity contribution in [1.29, 1.82) is 0 Å². The fourth-order valence-electron chi connectivity index (χ4n) is 1.88. The zero-order valence-corrected chi connectivity index (χ0v) is 9.08. The number of fused-ring (bicyclic) bond motifs is 1. The van der Waals surface area contributed by atoms with Crippen molar-refractivity contribution in [2.24, 2.45) is 0 Å². The number of carbonyl (C=O) groups is 1. The van der Waals surface area contributed by atoms with Crippen LogP contribution in [0.3, 0.4) is 0 Å². The Morgan fingerprint density at radius 2 is 1.82 bits per heavy atom. The quantitative estimate of drug-likeness (QED) is 0.625. The fourth-order valence-corrected chi connectivity index (χ4v) is 1.88. The van der Waals surface area contributed by atoms with Gasteiger partial charge in [-0.05, 0) is 12.1 Å². The zero-order chi connectivity index (χ0) is 11.7. The van der Waals surface area contributed by atoms with Crippen LogP contribution in [0.1, 0.15) is 10.5 Å². The molecule has 0 unspecified atom stereocenters. The van der Waals surface area contributed by atoms with Crippen LogP contribution in [-0.2, 0) is 0 Å². The monoisotopic (exact) mass is 222 g/mol. The summed E-state index contributed by atoms with van der Waals surface area (Å²) in [4.78, 5) is 15.4. The van der Waals surface area contributed by atoms with E-state index in [0.29, 0.717) is 5.69 Å². The van der Waals surface area contributed by atoms with Crippen LogP contribution < -0.4 is 0 Å². The summed E-state index contributed by atoms with van der Waals surface area (Å²) in [6.45, 7) is 0. The second-order valence-electron chi connectivity index (χ2n) is 3.79. The molecule has 0 fully saturated rings. The average molecular weight is 222 g/mol. The first-order chi connectivity index (χ1) is 8.38. The minimum atomic E-state index is 0.609. The van der Waals surface area contributed by atoms with Crippen molar-refractivity contribution < 1.29 is 4.79 Å². The van der Waals surface area contributed by atoms with Crippen LogP contribution in [0.4, 0.5) is 0 Å². The number of aromatic nitrogens is 2. The second kappa shape index (κ2) is 3.87. The third-order valence-electron chi connectivity index (χ3n) is 2.71. The number of aldehydes is 1. The molecule has 3 nitrogen and oxygen atoms in total. The highest BCUT2D eigenvalue weighted by Gasteiger charge is 2.05. The summed E-state index contributed by atoms with van der Waals surface area (Å²) in [7, 11) is 0. The highest BCUT2D eigenvalue weighted by atomic mass is 16.1. The predicted octanol–water partition coefficient (Wildman–Crippen LogP) is 2.81. The van der Waals surface area contributed by atoms with Crippen LogP contribution in [0.5, 0.6) is 0 Å². The lowest BCUT2D eigenvalue weighted by Crippen LogP contribution is -1.91. The lowest BCUT2D eigenvalue weighted by molar-refractivity contribution is 0.111. The summed E-state index contributed by atoms with van der Waals surface area (Å²) in [5, 5.41) is 0. The van der Waals surface area contributed by atoms with E-state index in [0.717, 1.165) is 23.2 Å². The molecule has 0 N–H and O–H groups in total. The first kappa shape index (κ1) is 9.78. The maximum atomic E-state index is 10.9. The third kappa shape index (κ3) is 1.61. The van der Waals surface area contributed by atoms with Gasteiger partial charge in [-0.3, -0.25) is 9.20 Å². The van der Waals surface area contributed by atoms with Crippen LogP contribution in [0.25, 0.3) is 16.9 Å². The number of benzene rings is 1. The molecule has 17 heavy (non-hydrogen) atoms. The summed E-state index contributed by atoms with van der Waals surface area (Å²) < 4.78 is 1.80. The van der Waals surface area contributed by atoms with E-state index in [9.17, 15) is 4.79 Å². The molecule has 0 saturated heterocycles. The number of hydrogen-bond donors (Lipinski definition) is 0. The molecular weight excluding hydrogens is 212 g/mol. The third-order valence-corrected chi connectivity index (χ3v) is 2.71. The minimum absolute atomic E-state index is 0.609. The molecule has 1 aromatic carbocycles. The molecule has 2 heterocycles. The van der Waals surface area contributed by atoms with Gasteiger partial charge in [0.1, 0.15) is 5.65 Å². The Balaban J connectivity index is 2.24. The van der Waals surface area contributed by atoms with Gasteiger partial charge < -0.3 is 0 Å². The van der Waals surface area contributed by atoms with Gasteiger partial charge in [0, 0.05) is 11.8 Å². The van der Waals surface area contributed by atoms with Gasteiger partial charge in [0.25, 0.3) is 0 Å². The fraction of sp³-hybridized carbons (Fsp3) is 0. The van der Waals surface area contributed by atoms with Crippen molar-refractivity contribution in [3.8, 4) is 11.3 Å². The highest BCUT2D eigenvalue weighted by Crippen LogP contribution is 2.19. The Kier molecular flexibility index (Phi) is 2.22. The Bertz CT molecular complexity index is 671. The van der Waals surface area contributed by atoms with Gasteiger partial charge in [0.2, 0.25) is 0 Å². The number of hydrogen-bond acceptors (Lipinski definition) is 2. The smallest absolute Gasteiger partial charge is 0.166 e. The van der Waals surface area contributed by atoms with E-state index < -0.39 is 0 Å². The van der Waals surface area contributed by atoms with Crippen molar-refractivity contribution in [3.63, 3.8) is 0 Å². The number of pyridine rings is 1. The number of rotatable bonds is 2. The lowest BCUT2D eigenvalue weighted by atomic mass is 10.2. The molecule has 3 heteroatoms. The summed E-state index contributed by atoms with van der Waals surface area (Å²) in [5.41, 5.74) is 3.32. The van der Waals surface area contributed by atoms with Crippen LogP contribution in [0, 0.1) is 0 Å². The SMILES string of the molecule is O=Cc1cccc2nc(-c3ccccc3)cn12. The topological polar surface area (TPSA) is 34.4 Å². The Morgan fingerprint density at radius 3 is 2.59 bits per heavy atom. The van der Waals surface area contributed by atoms with Crippen molar-refractivity contribution in [3.05, 3.63) is 60.4 Å². The Labute approximate surface area is 98.4 Å². The van der Waals surface area contributed by atoms with E-state index in [1.165, 1.54) is 0 Å². The second-order valence-corrected chi connectivity index (χ2v) is 3.79. The molecule has 2 aromatic heterocycles. The zero-order valence-electron chi connectivity index (χ0n) is 9.08. The number of nitrogens with zero attached hydrogens (tertiary/aromatic N) is 2. The standard InChI is InChI=1S/C14H10N2O/c17-10-12-7-4-8-14-15-13(9-16(12)14)11-5-2-1-3-6-11/h1-10H. The minimum Gasteiger partial charge on any atom is -0.296 e. The van der Waals surface area contributed by atoms with Gasteiger partial charge in [0.15, 0.2) is 6.29 Å². The molecular formula is C14H10N2O. The molecule has 0 spiro atoms. The van der Waals surface area contributed by atoms with E-state index >= 15 is 0 Å². The van der Waals surface area contributed by atoms with Gasteiger partial charge in [-0.25, -0.2) is 4.98 Å². The summed E-state index contributed by atoms with van der Waals surface area (Å²) in [5.74, 6) is 0. The molecule has 3 aromatic rings. The molecule has 0 aliphatic carbocycles. The van der Waals surface area contributed by atoms with Crippen molar-refractivity contribution in [1.82, 2.24) is 9.38 Å². The van der Waals surface area contributed by atoms with Gasteiger partial charge in [-0.2, -0.15) is 0 Å². The van der Waals surface area contributed by atoms with Crippen molar-refractivity contribution in [2.45, 2.75) is 0 Å². The van der Waals surface area contributed by atoms with Gasteiger partial charge in [-0.15, -0.1) is 0 Å². The number of imidazole rings is 1. The maximum Gasteiger partial charge on any atom is 0.166 e.